The SMILES string of the molecule is CCS(=O)(=O)CCC(CNC1CC1)Cc1cccc(Cl)c1. The van der Waals surface area contributed by atoms with E-state index < -0.39 is 9.84 Å². The van der Waals surface area contributed by atoms with Crippen LogP contribution < -0.4 is 5.32 Å². The first kappa shape index (κ1) is 16.8. The summed E-state index contributed by atoms with van der Waals surface area (Å²) >= 11 is 6.03. The second-order valence-electron chi connectivity index (χ2n) is 5.91. The number of hydrogen-bond acceptors (Lipinski definition) is 3. The highest BCUT2D eigenvalue weighted by atomic mass is 35.5. The Kier molecular flexibility index (Phi) is 6.08. The minimum Gasteiger partial charge on any atom is -0.314 e. The average molecular weight is 330 g/mol. The maximum Gasteiger partial charge on any atom is 0.150 e. The minimum atomic E-state index is -2.89. The van der Waals surface area contributed by atoms with Crippen LogP contribution in [-0.4, -0.2) is 32.5 Å². The Morgan fingerprint density at radius 2 is 2.14 bits per heavy atom. The van der Waals surface area contributed by atoms with Crippen molar-refractivity contribution in [2.75, 3.05) is 18.1 Å². The van der Waals surface area contributed by atoms with Crippen molar-refractivity contribution in [3.05, 3.63) is 34.9 Å². The lowest BCUT2D eigenvalue weighted by Gasteiger charge is -2.18. The normalized spacial score (nSPS) is 16.9. The van der Waals surface area contributed by atoms with Crippen molar-refractivity contribution < 1.29 is 8.42 Å². The summed E-state index contributed by atoms with van der Waals surface area (Å²) in [6.07, 6.45) is 4.08. The van der Waals surface area contributed by atoms with Gasteiger partial charge < -0.3 is 5.32 Å². The van der Waals surface area contributed by atoms with Crippen molar-refractivity contribution in [2.45, 2.75) is 38.6 Å². The van der Waals surface area contributed by atoms with E-state index in [2.05, 4.69) is 11.4 Å². The zero-order valence-electron chi connectivity index (χ0n) is 12.5. The van der Waals surface area contributed by atoms with Crippen LogP contribution in [0.2, 0.25) is 5.02 Å². The summed E-state index contributed by atoms with van der Waals surface area (Å²) in [6.45, 7) is 2.60. The molecule has 1 N–H and O–H groups in total. The van der Waals surface area contributed by atoms with Crippen LogP contribution in [0.3, 0.4) is 0 Å². The molecule has 1 atom stereocenters. The van der Waals surface area contributed by atoms with E-state index in [1.54, 1.807) is 6.92 Å². The average Bonchev–Trinajstić information content (AvgIpc) is 3.26. The Balaban J connectivity index is 1.93. The molecule has 1 unspecified atom stereocenters. The van der Waals surface area contributed by atoms with Crippen molar-refractivity contribution in [3.8, 4) is 0 Å². The van der Waals surface area contributed by atoms with E-state index in [4.69, 9.17) is 11.6 Å². The molecule has 1 fully saturated rings. The molecule has 0 saturated heterocycles. The van der Waals surface area contributed by atoms with Crippen LogP contribution in [0.15, 0.2) is 24.3 Å². The van der Waals surface area contributed by atoms with Gasteiger partial charge in [0.2, 0.25) is 0 Å². The largest absolute Gasteiger partial charge is 0.314 e. The van der Waals surface area contributed by atoms with Gasteiger partial charge in [0.05, 0.1) is 5.75 Å². The summed E-state index contributed by atoms with van der Waals surface area (Å²) in [4.78, 5) is 0. The van der Waals surface area contributed by atoms with Gasteiger partial charge in [-0.05, 0) is 55.8 Å². The van der Waals surface area contributed by atoms with Crippen molar-refractivity contribution in [1.29, 1.82) is 0 Å². The van der Waals surface area contributed by atoms with Gasteiger partial charge in [-0.2, -0.15) is 0 Å². The molecule has 1 aliphatic rings. The Labute approximate surface area is 133 Å². The first-order valence-electron chi connectivity index (χ1n) is 7.67. The second-order valence-corrected chi connectivity index (χ2v) is 8.82. The molecule has 1 aromatic rings. The van der Waals surface area contributed by atoms with Gasteiger partial charge in [-0.25, -0.2) is 8.42 Å². The fraction of sp³-hybridized carbons (Fsp3) is 0.625. The highest BCUT2D eigenvalue weighted by Crippen LogP contribution is 2.21. The van der Waals surface area contributed by atoms with E-state index in [9.17, 15) is 8.42 Å². The van der Waals surface area contributed by atoms with Crippen LogP contribution in [-0.2, 0) is 16.3 Å². The topological polar surface area (TPSA) is 46.2 Å². The third-order valence-corrected chi connectivity index (χ3v) is 5.94. The Hall–Kier alpha value is -0.580. The van der Waals surface area contributed by atoms with E-state index in [0.29, 0.717) is 18.4 Å². The molecule has 0 heterocycles. The summed E-state index contributed by atoms with van der Waals surface area (Å²) in [5.41, 5.74) is 1.18. The predicted molar refractivity (Wildman–Crippen MR) is 88.6 cm³/mol. The summed E-state index contributed by atoms with van der Waals surface area (Å²) in [7, 11) is -2.89. The van der Waals surface area contributed by atoms with E-state index in [1.807, 2.05) is 18.2 Å². The first-order valence-corrected chi connectivity index (χ1v) is 9.86. The second kappa shape index (κ2) is 7.61. The molecule has 0 aliphatic heterocycles. The van der Waals surface area contributed by atoms with Crippen molar-refractivity contribution in [3.63, 3.8) is 0 Å². The number of nitrogens with one attached hydrogen (secondary N) is 1. The predicted octanol–water partition coefficient (Wildman–Crippen LogP) is 3.08. The third kappa shape index (κ3) is 6.37. The summed E-state index contributed by atoms with van der Waals surface area (Å²) in [6, 6.07) is 8.50. The molecule has 0 bridgehead atoms. The molecule has 1 aliphatic carbocycles. The molecule has 0 amide bonds. The summed E-state index contributed by atoms with van der Waals surface area (Å²) in [5, 5.41) is 4.26. The Morgan fingerprint density at radius 1 is 1.38 bits per heavy atom. The highest BCUT2D eigenvalue weighted by Gasteiger charge is 2.22. The molecule has 1 aromatic carbocycles. The van der Waals surface area contributed by atoms with E-state index in [1.165, 1.54) is 18.4 Å². The first-order chi connectivity index (χ1) is 9.98. The number of sulfone groups is 1. The zero-order valence-corrected chi connectivity index (χ0v) is 14.1. The number of rotatable bonds is 9. The molecule has 5 heteroatoms. The quantitative estimate of drug-likeness (QED) is 0.757. The molecular formula is C16H24ClNO2S. The Morgan fingerprint density at radius 3 is 2.76 bits per heavy atom. The summed E-state index contributed by atoms with van der Waals surface area (Å²) < 4.78 is 23.4. The summed E-state index contributed by atoms with van der Waals surface area (Å²) in [5.74, 6) is 0.846. The molecule has 0 radical (unpaired) electrons. The lowest BCUT2D eigenvalue weighted by molar-refractivity contribution is 0.457. The minimum absolute atomic E-state index is 0.229. The van der Waals surface area contributed by atoms with Gasteiger partial charge in [0, 0.05) is 16.8 Å². The fourth-order valence-electron chi connectivity index (χ4n) is 2.38. The van der Waals surface area contributed by atoms with Gasteiger partial charge in [0.15, 0.2) is 0 Å². The smallest absolute Gasteiger partial charge is 0.150 e. The molecule has 1 saturated carbocycles. The molecule has 0 spiro atoms. The van der Waals surface area contributed by atoms with Gasteiger partial charge in [0.1, 0.15) is 9.84 Å². The number of halogens is 1. The van der Waals surface area contributed by atoms with Gasteiger partial charge >= 0.3 is 0 Å². The van der Waals surface area contributed by atoms with E-state index in [0.717, 1.165) is 18.0 Å². The maximum atomic E-state index is 11.7. The van der Waals surface area contributed by atoms with Gasteiger partial charge in [-0.3, -0.25) is 0 Å². The molecular weight excluding hydrogens is 306 g/mol. The van der Waals surface area contributed by atoms with Gasteiger partial charge in [-0.1, -0.05) is 30.7 Å². The number of benzene rings is 1. The van der Waals surface area contributed by atoms with Crippen molar-refractivity contribution in [2.24, 2.45) is 5.92 Å². The van der Waals surface area contributed by atoms with Gasteiger partial charge in [-0.15, -0.1) is 0 Å². The van der Waals surface area contributed by atoms with Crippen molar-refractivity contribution in [1.82, 2.24) is 5.32 Å². The van der Waals surface area contributed by atoms with Crippen LogP contribution in [0, 0.1) is 5.92 Å². The maximum absolute atomic E-state index is 11.7. The van der Waals surface area contributed by atoms with E-state index in [-0.39, 0.29) is 11.5 Å². The van der Waals surface area contributed by atoms with Crippen LogP contribution in [0.4, 0.5) is 0 Å². The van der Waals surface area contributed by atoms with Crippen LogP contribution >= 0.6 is 11.6 Å². The van der Waals surface area contributed by atoms with Crippen molar-refractivity contribution >= 4 is 21.4 Å². The molecule has 2 rings (SSSR count). The molecule has 3 nitrogen and oxygen atoms in total. The van der Waals surface area contributed by atoms with Crippen LogP contribution in [0.1, 0.15) is 31.7 Å². The van der Waals surface area contributed by atoms with Crippen LogP contribution in [0.25, 0.3) is 0 Å². The van der Waals surface area contributed by atoms with Crippen LogP contribution in [0.5, 0.6) is 0 Å². The lowest BCUT2D eigenvalue weighted by Crippen LogP contribution is -2.28. The highest BCUT2D eigenvalue weighted by molar-refractivity contribution is 7.91. The molecule has 118 valence electrons. The van der Waals surface area contributed by atoms with E-state index >= 15 is 0 Å². The zero-order chi connectivity index (χ0) is 15.3. The monoisotopic (exact) mass is 329 g/mol. The molecule has 21 heavy (non-hydrogen) atoms. The number of hydrogen-bond donors (Lipinski definition) is 1. The third-order valence-electron chi connectivity index (χ3n) is 3.96. The Bertz CT molecular complexity index is 555. The van der Waals surface area contributed by atoms with Gasteiger partial charge in [0.25, 0.3) is 0 Å². The fourth-order valence-corrected chi connectivity index (χ4v) is 3.58. The molecule has 0 aromatic heterocycles. The lowest BCUT2D eigenvalue weighted by atomic mass is 9.97. The standard InChI is InChI=1S/C16H24ClNO2S/c1-2-21(19,20)9-8-14(12-18-16-6-7-16)10-13-4-3-5-15(17)11-13/h3-5,11,14,16,18H,2,6-10,12H2,1H3.